The van der Waals surface area contributed by atoms with Crippen molar-refractivity contribution in [2.45, 2.75) is 32.5 Å². The van der Waals surface area contributed by atoms with Crippen molar-refractivity contribution in [1.29, 1.82) is 0 Å². The van der Waals surface area contributed by atoms with Gasteiger partial charge >= 0.3 is 6.18 Å². The lowest BCUT2D eigenvalue weighted by Crippen LogP contribution is -2.42. The number of hydrogen-bond donors (Lipinski definition) is 5. The number of nitrogens with one attached hydrogen (secondary N) is 4. The van der Waals surface area contributed by atoms with E-state index in [1.807, 2.05) is 18.1 Å². The molecule has 38 heavy (non-hydrogen) atoms. The van der Waals surface area contributed by atoms with E-state index < -0.39 is 23.8 Å². The van der Waals surface area contributed by atoms with Crippen molar-refractivity contribution in [2.75, 3.05) is 18.4 Å². The molecule has 0 saturated carbocycles. The first kappa shape index (κ1) is 26.8. The predicted molar refractivity (Wildman–Crippen MR) is 138 cm³/mol. The van der Waals surface area contributed by atoms with Crippen molar-refractivity contribution in [3.05, 3.63) is 65.3 Å². The van der Waals surface area contributed by atoms with Gasteiger partial charge in [-0.25, -0.2) is 4.99 Å². The summed E-state index contributed by atoms with van der Waals surface area (Å²) in [5.41, 5.74) is 7.25. The summed E-state index contributed by atoms with van der Waals surface area (Å²) >= 11 is 0. The van der Waals surface area contributed by atoms with Crippen LogP contribution < -0.4 is 21.7 Å². The minimum absolute atomic E-state index is 0.0621. The monoisotopic (exact) mass is 528 g/mol. The summed E-state index contributed by atoms with van der Waals surface area (Å²) < 4.78 is 40.2. The van der Waals surface area contributed by atoms with Gasteiger partial charge in [-0.1, -0.05) is 13.0 Å². The molecule has 13 heteroatoms. The number of hydrogen-bond acceptors (Lipinski definition) is 7. The number of anilines is 1. The summed E-state index contributed by atoms with van der Waals surface area (Å²) in [6.07, 6.45) is 1.73. The van der Waals surface area contributed by atoms with E-state index in [4.69, 9.17) is 5.73 Å². The summed E-state index contributed by atoms with van der Waals surface area (Å²) in [5.74, 6) is -0.709. The smallest absolute Gasteiger partial charge is 0.353 e. The van der Waals surface area contributed by atoms with Crippen LogP contribution in [0.3, 0.4) is 0 Å². The van der Waals surface area contributed by atoms with Gasteiger partial charge in [-0.05, 0) is 42.7 Å². The average Bonchev–Trinajstić information content (AvgIpc) is 3.54. The Hall–Kier alpha value is -4.26. The third kappa shape index (κ3) is 5.67. The standard InChI is InChI=1S/C25H27F3N8O2/c1-3-14-10-15(4-5-16(14)24(38)32-9-8-31-23(37)13(2)29)35-22-20-17(6-7-30-22)18(11-33-20)19-12-34-36-21(19)25(26,27)28/h4-7,10-13,17H,3,8-9,29H2,1-2H3,(H,30,35)(H,31,37)(H,32,38)(H,34,36)/t13-,17?/m0/s1. The molecular formula is C25H27F3N8O2. The predicted octanol–water partition coefficient (Wildman–Crippen LogP) is 2.63. The molecule has 0 saturated heterocycles. The lowest BCUT2D eigenvalue weighted by molar-refractivity contribution is -0.141. The number of halogens is 3. The van der Waals surface area contributed by atoms with Gasteiger partial charge in [0.15, 0.2) is 5.84 Å². The Morgan fingerprint density at radius 2 is 1.95 bits per heavy atom. The summed E-state index contributed by atoms with van der Waals surface area (Å²) in [6.45, 7) is 3.98. The van der Waals surface area contributed by atoms with Crippen LogP contribution in [0.2, 0.25) is 0 Å². The molecule has 2 aliphatic heterocycles. The molecule has 0 aliphatic carbocycles. The van der Waals surface area contributed by atoms with Crippen LogP contribution in [0, 0.1) is 5.92 Å². The second-order valence-electron chi connectivity index (χ2n) is 8.74. The fourth-order valence-electron chi connectivity index (χ4n) is 4.11. The fraction of sp³-hybridized carbons (Fsp3) is 0.320. The maximum absolute atomic E-state index is 13.4. The number of aromatic nitrogens is 2. The number of amides is 2. The SMILES string of the molecule is CCc1cc(NC2=NC=CC3C(c4cn[nH]c4C(F)(F)F)=CN=C23)ccc1C(=O)NCCNC(=O)[C@H](C)N. The van der Waals surface area contributed by atoms with Crippen molar-refractivity contribution in [3.8, 4) is 0 Å². The summed E-state index contributed by atoms with van der Waals surface area (Å²) in [7, 11) is 0. The van der Waals surface area contributed by atoms with Crippen LogP contribution in [-0.4, -0.2) is 52.7 Å². The number of fused-ring (bicyclic) bond motifs is 1. The molecule has 6 N–H and O–H groups in total. The van der Waals surface area contributed by atoms with Crippen LogP contribution in [-0.2, 0) is 17.4 Å². The molecule has 4 rings (SSSR count). The highest BCUT2D eigenvalue weighted by atomic mass is 19.4. The minimum Gasteiger partial charge on any atom is -0.353 e. The Morgan fingerprint density at radius 3 is 2.66 bits per heavy atom. The Morgan fingerprint density at radius 1 is 1.18 bits per heavy atom. The largest absolute Gasteiger partial charge is 0.433 e. The van der Waals surface area contributed by atoms with Gasteiger partial charge in [0.25, 0.3) is 5.91 Å². The molecule has 0 spiro atoms. The molecule has 1 unspecified atom stereocenters. The van der Waals surface area contributed by atoms with E-state index in [-0.39, 0.29) is 30.5 Å². The van der Waals surface area contributed by atoms with Gasteiger partial charge in [-0.15, -0.1) is 0 Å². The van der Waals surface area contributed by atoms with Crippen LogP contribution in [0.25, 0.3) is 5.57 Å². The maximum Gasteiger partial charge on any atom is 0.433 e. The first-order valence-electron chi connectivity index (χ1n) is 11.9. The zero-order chi connectivity index (χ0) is 27.4. The van der Waals surface area contributed by atoms with Gasteiger partial charge in [-0.2, -0.15) is 18.3 Å². The molecule has 2 amide bonds. The van der Waals surface area contributed by atoms with Gasteiger partial charge in [0.05, 0.1) is 23.9 Å². The number of alkyl halides is 3. The zero-order valence-electron chi connectivity index (χ0n) is 20.7. The van der Waals surface area contributed by atoms with Crippen LogP contribution in [0.1, 0.15) is 41.0 Å². The Kier molecular flexibility index (Phi) is 7.76. The summed E-state index contributed by atoms with van der Waals surface area (Å²) in [6, 6.07) is 4.57. The van der Waals surface area contributed by atoms with Crippen molar-refractivity contribution in [1.82, 2.24) is 20.8 Å². The minimum atomic E-state index is -4.58. The topological polar surface area (TPSA) is 150 Å². The number of rotatable bonds is 8. The number of nitrogens with two attached hydrogens (primary N) is 1. The van der Waals surface area contributed by atoms with Crippen LogP contribution in [0.5, 0.6) is 0 Å². The number of nitrogens with zero attached hydrogens (tertiary/aromatic N) is 3. The molecule has 2 aliphatic rings. The van der Waals surface area contributed by atoms with Crippen molar-refractivity contribution < 1.29 is 22.8 Å². The van der Waals surface area contributed by atoms with E-state index in [0.717, 1.165) is 11.8 Å². The number of carbonyl (C=O) groups excluding carboxylic acids is 2. The van der Waals surface area contributed by atoms with E-state index in [1.54, 1.807) is 25.1 Å². The summed E-state index contributed by atoms with van der Waals surface area (Å²) in [4.78, 5) is 32.9. The molecule has 3 heterocycles. The highest BCUT2D eigenvalue weighted by molar-refractivity contribution is 6.49. The number of amidine groups is 1. The van der Waals surface area contributed by atoms with Crippen LogP contribution >= 0.6 is 0 Å². The number of aliphatic imine (C=N–C) groups is 2. The fourth-order valence-corrected chi connectivity index (χ4v) is 4.11. The Balaban J connectivity index is 1.43. The molecule has 2 atom stereocenters. The highest BCUT2D eigenvalue weighted by Crippen LogP contribution is 2.39. The normalized spacial score (nSPS) is 17.2. The van der Waals surface area contributed by atoms with E-state index in [0.29, 0.717) is 34.8 Å². The number of benzene rings is 1. The van der Waals surface area contributed by atoms with Crippen molar-refractivity contribution in [2.24, 2.45) is 21.6 Å². The quantitative estimate of drug-likeness (QED) is 0.334. The zero-order valence-corrected chi connectivity index (χ0v) is 20.7. The van der Waals surface area contributed by atoms with Crippen LogP contribution in [0.15, 0.2) is 52.9 Å². The van der Waals surface area contributed by atoms with E-state index >= 15 is 0 Å². The third-order valence-electron chi connectivity index (χ3n) is 6.05. The molecule has 10 nitrogen and oxygen atoms in total. The van der Waals surface area contributed by atoms with E-state index in [9.17, 15) is 22.8 Å². The van der Waals surface area contributed by atoms with Gasteiger partial charge in [0, 0.05) is 42.3 Å². The first-order valence-corrected chi connectivity index (χ1v) is 11.9. The second-order valence-corrected chi connectivity index (χ2v) is 8.74. The van der Waals surface area contributed by atoms with E-state index in [1.165, 1.54) is 12.4 Å². The van der Waals surface area contributed by atoms with Gasteiger partial charge in [0.1, 0.15) is 5.69 Å². The van der Waals surface area contributed by atoms with Gasteiger partial charge in [0.2, 0.25) is 5.91 Å². The lowest BCUT2D eigenvalue weighted by atomic mass is 9.89. The molecule has 2 aromatic rings. The number of carbonyl (C=O) groups is 2. The number of H-pyrrole nitrogens is 1. The molecule has 0 bridgehead atoms. The molecule has 200 valence electrons. The summed E-state index contributed by atoms with van der Waals surface area (Å²) in [5, 5.41) is 14.2. The van der Waals surface area contributed by atoms with Crippen molar-refractivity contribution in [3.63, 3.8) is 0 Å². The molecule has 1 aromatic carbocycles. The highest BCUT2D eigenvalue weighted by Gasteiger charge is 2.39. The molecular weight excluding hydrogens is 501 g/mol. The molecule has 0 fully saturated rings. The molecule has 1 aromatic heterocycles. The number of allylic oxidation sites excluding steroid dienone is 2. The second kappa shape index (κ2) is 11.0. The van der Waals surface area contributed by atoms with E-state index in [2.05, 4.69) is 31.0 Å². The van der Waals surface area contributed by atoms with Gasteiger partial charge < -0.3 is 21.7 Å². The first-order chi connectivity index (χ1) is 18.1. The Labute approximate surface area is 216 Å². The maximum atomic E-state index is 13.4. The van der Waals surface area contributed by atoms with Gasteiger partial charge in [-0.3, -0.25) is 19.7 Å². The molecule has 0 radical (unpaired) electrons. The average molecular weight is 529 g/mol. The Bertz CT molecular complexity index is 1350. The lowest BCUT2D eigenvalue weighted by Gasteiger charge is -2.20. The van der Waals surface area contributed by atoms with Crippen molar-refractivity contribution >= 4 is 34.6 Å². The number of aromatic amines is 1. The third-order valence-corrected chi connectivity index (χ3v) is 6.05. The van der Waals surface area contributed by atoms with Crippen LogP contribution in [0.4, 0.5) is 18.9 Å². The number of aryl methyl sites for hydroxylation is 1.